The van der Waals surface area contributed by atoms with Gasteiger partial charge in [0.05, 0.1) is 11.6 Å². The minimum absolute atomic E-state index is 0.0612. The summed E-state index contributed by atoms with van der Waals surface area (Å²) in [6.07, 6.45) is 1.64. The first-order valence-electron chi connectivity index (χ1n) is 8.20. The third kappa shape index (κ3) is 3.89. The molecule has 1 aromatic heterocycles. The average Bonchev–Trinajstić information content (AvgIpc) is 2.68. The van der Waals surface area contributed by atoms with Crippen LogP contribution in [0.5, 0.6) is 5.88 Å². The molecule has 2 heterocycles. The number of hydrogen-bond acceptors (Lipinski definition) is 7. The molecule has 26 heavy (non-hydrogen) atoms. The molecule has 2 aromatic rings. The molecular weight excluding hydrogens is 352 g/mol. The molecule has 0 saturated carbocycles. The van der Waals surface area contributed by atoms with Crippen LogP contribution in [-0.4, -0.2) is 45.7 Å². The van der Waals surface area contributed by atoms with Gasteiger partial charge in [-0.1, -0.05) is 12.1 Å². The van der Waals surface area contributed by atoms with Crippen LogP contribution in [0.25, 0.3) is 11.4 Å². The van der Waals surface area contributed by atoms with Crippen molar-refractivity contribution < 1.29 is 14.6 Å². The number of anilines is 1. The number of aromatic carboxylic acids is 1. The first-order valence-corrected chi connectivity index (χ1v) is 9.36. The van der Waals surface area contributed by atoms with Gasteiger partial charge in [0.2, 0.25) is 5.88 Å². The highest BCUT2D eigenvalue weighted by Gasteiger charge is 2.25. The van der Waals surface area contributed by atoms with Gasteiger partial charge >= 0.3 is 5.97 Å². The van der Waals surface area contributed by atoms with Crippen molar-refractivity contribution in [2.75, 3.05) is 23.9 Å². The number of aromatic nitrogens is 2. The molecule has 1 aliphatic heterocycles. The summed E-state index contributed by atoms with van der Waals surface area (Å²) in [5, 5.41) is 21.5. The molecule has 0 radical (unpaired) electrons. The lowest BCUT2D eigenvalue weighted by molar-refractivity contribution is 0.0687. The highest BCUT2D eigenvalue weighted by molar-refractivity contribution is 7.99. The number of nitrogens with zero attached hydrogens (tertiary/aromatic N) is 3. The van der Waals surface area contributed by atoms with Crippen molar-refractivity contribution in [1.29, 1.82) is 5.26 Å². The molecule has 1 saturated heterocycles. The standard InChI is InChI=1S/C18H18N4O3S/c1-20-16-14(18(23)24)17(25-13-5-7-26-8-6-13)22-15(21-16)12-4-2-3-11(9-12)10-19/h2-4,9,13H,5-8H2,1H3,(H,23,24)(H,20,21,22). The monoisotopic (exact) mass is 370 g/mol. The summed E-state index contributed by atoms with van der Waals surface area (Å²) in [5.74, 6) is 1.38. The van der Waals surface area contributed by atoms with E-state index >= 15 is 0 Å². The Kier molecular flexibility index (Phi) is 5.58. The van der Waals surface area contributed by atoms with Crippen LogP contribution in [0.4, 0.5) is 5.82 Å². The Morgan fingerprint density at radius 3 is 2.81 bits per heavy atom. The number of nitrogens with one attached hydrogen (secondary N) is 1. The van der Waals surface area contributed by atoms with Crippen molar-refractivity contribution in [2.45, 2.75) is 18.9 Å². The van der Waals surface area contributed by atoms with Crippen LogP contribution in [0, 0.1) is 11.3 Å². The average molecular weight is 370 g/mol. The van der Waals surface area contributed by atoms with Gasteiger partial charge in [0.15, 0.2) is 11.4 Å². The molecule has 8 heteroatoms. The second-order valence-corrected chi connectivity index (χ2v) is 6.98. The Balaban J connectivity index is 2.07. The van der Waals surface area contributed by atoms with Crippen molar-refractivity contribution in [3.05, 3.63) is 35.4 Å². The van der Waals surface area contributed by atoms with E-state index < -0.39 is 5.97 Å². The third-order valence-electron chi connectivity index (χ3n) is 4.02. The largest absolute Gasteiger partial charge is 0.477 e. The maximum absolute atomic E-state index is 11.7. The van der Waals surface area contributed by atoms with E-state index in [9.17, 15) is 9.90 Å². The molecule has 0 aliphatic carbocycles. The van der Waals surface area contributed by atoms with Crippen LogP contribution in [-0.2, 0) is 0 Å². The zero-order valence-electron chi connectivity index (χ0n) is 14.2. The molecule has 1 aromatic carbocycles. The maximum atomic E-state index is 11.7. The number of carbonyl (C=O) groups is 1. The summed E-state index contributed by atoms with van der Waals surface area (Å²) in [6.45, 7) is 0. The van der Waals surface area contributed by atoms with Crippen molar-refractivity contribution >= 4 is 23.5 Å². The quantitative estimate of drug-likeness (QED) is 0.827. The van der Waals surface area contributed by atoms with Gasteiger partial charge in [-0.15, -0.1) is 0 Å². The number of carboxylic acids is 1. The Morgan fingerprint density at radius 1 is 1.38 bits per heavy atom. The van der Waals surface area contributed by atoms with Gasteiger partial charge in [0, 0.05) is 12.6 Å². The summed E-state index contributed by atoms with van der Waals surface area (Å²) in [6, 6.07) is 8.94. The van der Waals surface area contributed by atoms with Crippen molar-refractivity contribution in [2.24, 2.45) is 0 Å². The van der Waals surface area contributed by atoms with E-state index in [4.69, 9.17) is 10.00 Å². The maximum Gasteiger partial charge on any atom is 0.345 e. The minimum Gasteiger partial charge on any atom is -0.477 e. The van der Waals surface area contributed by atoms with Gasteiger partial charge in [0.1, 0.15) is 11.9 Å². The van der Waals surface area contributed by atoms with Gasteiger partial charge in [-0.3, -0.25) is 0 Å². The predicted molar refractivity (Wildman–Crippen MR) is 99.7 cm³/mol. The van der Waals surface area contributed by atoms with E-state index in [1.54, 1.807) is 31.3 Å². The van der Waals surface area contributed by atoms with Gasteiger partial charge in [0.25, 0.3) is 0 Å². The summed E-state index contributed by atoms with van der Waals surface area (Å²) in [5.41, 5.74) is 1.03. The number of ether oxygens (including phenoxy) is 1. The lowest BCUT2D eigenvalue weighted by atomic mass is 10.1. The molecule has 1 fully saturated rings. The number of hydrogen-bond donors (Lipinski definition) is 2. The lowest BCUT2D eigenvalue weighted by Gasteiger charge is -2.23. The van der Waals surface area contributed by atoms with Gasteiger partial charge < -0.3 is 15.2 Å². The van der Waals surface area contributed by atoms with E-state index in [0.29, 0.717) is 17.0 Å². The molecular formula is C18H18N4O3S. The molecule has 134 valence electrons. The molecule has 2 N–H and O–H groups in total. The van der Waals surface area contributed by atoms with Crippen molar-refractivity contribution in [3.63, 3.8) is 0 Å². The highest BCUT2D eigenvalue weighted by Crippen LogP contribution is 2.30. The fraction of sp³-hybridized carbons (Fsp3) is 0.333. The van der Waals surface area contributed by atoms with Gasteiger partial charge in [-0.2, -0.15) is 22.0 Å². The number of thioether (sulfide) groups is 1. The molecule has 7 nitrogen and oxygen atoms in total. The summed E-state index contributed by atoms with van der Waals surface area (Å²) < 4.78 is 5.96. The highest BCUT2D eigenvalue weighted by atomic mass is 32.2. The fourth-order valence-corrected chi connectivity index (χ4v) is 3.77. The summed E-state index contributed by atoms with van der Waals surface area (Å²) in [7, 11) is 1.60. The van der Waals surface area contributed by atoms with Crippen molar-refractivity contribution in [1.82, 2.24) is 9.97 Å². The van der Waals surface area contributed by atoms with Crippen LogP contribution in [0.3, 0.4) is 0 Å². The predicted octanol–water partition coefficient (Wildman–Crippen LogP) is 3.03. The summed E-state index contributed by atoms with van der Waals surface area (Å²) >= 11 is 1.86. The molecule has 0 spiro atoms. The lowest BCUT2D eigenvalue weighted by Crippen LogP contribution is -2.24. The first-order chi connectivity index (χ1) is 12.6. The molecule has 0 unspecified atom stereocenters. The zero-order chi connectivity index (χ0) is 18.5. The van der Waals surface area contributed by atoms with E-state index in [0.717, 1.165) is 24.3 Å². The Hall–Kier alpha value is -2.79. The van der Waals surface area contributed by atoms with Crippen LogP contribution in [0.1, 0.15) is 28.8 Å². The number of benzene rings is 1. The van der Waals surface area contributed by atoms with Crippen LogP contribution >= 0.6 is 11.8 Å². The summed E-state index contributed by atoms with van der Waals surface area (Å²) in [4.78, 5) is 20.4. The topological polar surface area (TPSA) is 108 Å². The van der Waals surface area contributed by atoms with E-state index in [-0.39, 0.29) is 23.4 Å². The van der Waals surface area contributed by atoms with Crippen LogP contribution in [0.15, 0.2) is 24.3 Å². The van der Waals surface area contributed by atoms with E-state index in [2.05, 4.69) is 21.4 Å². The Morgan fingerprint density at radius 2 is 2.15 bits per heavy atom. The molecule has 3 rings (SSSR count). The smallest absolute Gasteiger partial charge is 0.345 e. The van der Waals surface area contributed by atoms with Gasteiger partial charge in [-0.05, 0) is 36.5 Å². The fourth-order valence-electron chi connectivity index (χ4n) is 2.71. The van der Waals surface area contributed by atoms with E-state index in [1.165, 1.54) is 0 Å². The minimum atomic E-state index is -1.15. The molecule has 1 aliphatic rings. The van der Waals surface area contributed by atoms with Crippen molar-refractivity contribution in [3.8, 4) is 23.3 Å². The van der Waals surface area contributed by atoms with Crippen LogP contribution < -0.4 is 10.1 Å². The first kappa shape index (κ1) is 18.0. The molecule has 0 bridgehead atoms. The number of rotatable bonds is 5. The molecule has 0 atom stereocenters. The van der Waals surface area contributed by atoms with Gasteiger partial charge in [-0.25, -0.2) is 9.78 Å². The number of carboxylic acid groups (broad SMARTS) is 1. The SMILES string of the molecule is CNc1nc(-c2cccc(C#N)c2)nc(OC2CCSCC2)c1C(=O)O. The third-order valence-corrected chi connectivity index (χ3v) is 5.07. The van der Waals surface area contributed by atoms with E-state index in [1.807, 2.05) is 11.8 Å². The zero-order valence-corrected chi connectivity index (χ0v) is 15.0. The Bertz CT molecular complexity index is 860. The Labute approximate surface area is 155 Å². The second-order valence-electron chi connectivity index (χ2n) is 5.75. The number of nitriles is 1. The molecule has 0 amide bonds. The normalized spacial score (nSPS) is 14.5. The van der Waals surface area contributed by atoms with Crippen LogP contribution in [0.2, 0.25) is 0 Å². The second kappa shape index (κ2) is 8.06.